The number of ether oxygens (including phenoxy) is 5. The van der Waals surface area contributed by atoms with E-state index in [-0.39, 0.29) is 0 Å². The molecule has 0 N–H and O–H groups in total. The third kappa shape index (κ3) is 10.7. The molecule has 0 unspecified atom stereocenters. The molecule has 0 aromatic heterocycles. The van der Waals surface area contributed by atoms with Crippen LogP contribution in [0.3, 0.4) is 0 Å². The Morgan fingerprint density at radius 3 is 2.13 bits per heavy atom. The van der Waals surface area contributed by atoms with Gasteiger partial charge in [0.2, 0.25) is 0 Å². The average Bonchev–Trinajstić information content (AvgIpc) is 2.77. The van der Waals surface area contributed by atoms with E-state index in [0.717, 1.165) is 23.0 Å². The molecular formula is C25H30O6. The molecule has 1 aliphatic heterocycles. The van der Waals surface area contributed by atoms with Crippen LogP contribution in [0.25, 0.3) is 6.08 Å². The van der Waals surface area contributed by atoms with Crippen molar-refractivity contribution in [3.8, 4) is 23.3 Å². The largest absolute Gasteiger partial charge is 0.487 e. The van der Waals surface area contributed by atoms with Crippen LogP contribution in [-0.2, 0) is 19.0 Å². The van der Waals surface area contributed by atoms with Crippen molar-refractivity contribution in [2.24, 2.45) is 0 Å². The molecule has 0 radical (unpaired) electrons. The average molecular weight is 427 g/mol. The highest BCUT2D eigenvalue weighted by molar-refractivity contribution is 5.67. The van der Waals surface area contributed by atoms with Crippen LogP contribution in [0.1, 0.15) is 19.4 Å². The Morgan fingerprint density at radius 1 is 0.871 bits per heavy atom. The summed E-state index contributed by atoms with van der Waals surface area (Å²) in [7, 11) is 0. The normalized spacial score (nSPS) is 17.2. The van der Waals surface area contributed by atoms with Crippen molar-refractivity contribution in [2.45, 2.75) is 13.8 Å². The fourth-order valence-corrected chi connectivity index (χ4v) is 2.51. The maximum atomic E-state index is 10.4. The topological polar surface area (TPSA) is 63.2 Å². The molecule has 0 spiro atoms. The summed E-state index contributed by atoms with van der Waals surface area (Å²) in [6, 6.07) is 5.79. The van der Waals surface area contributed by atoms with Gasteiger partial charge in [-0.15, -0.1) is 0 Å². The fraction of sp³-hybridized carbons (Fsp3) is 0.400. The lowest BCUT2D eigenvalue weighted by Crippen LogP contribution is -2.13. The number of aldehydes is 1. The first-order valence-corrected chi connectivity index (χ1v) is 10.3. The van der Waals surface area contributed by atoms with Crippen molar-refractivity contribution in [2.75, 3.05) is 52.9 Å². The lowest BCUT2D eigenvalue weighted by atomic mass is 10.1. The molecule has 6 heteroatoms. The van der Waals surface area contributed by atoms with E-state index >= 15 is 0 Å². The van der Waals surface area contributed by atoms with E-state index in [1.165, 1.54) is 6.08 Å². The molecule has 31 heavy (non-hydrogen) atoms. The van der Waals surface area contributed by atoms with Crippen molar-refractivity contribution >= 4 is 12.4 Å². The van der Waals surface area contributed by atoms with E-state index in [1.54, 1.807) is 13.0 Å². The summed E-state index contributed by atoms with van der Waals surface area (Å²) in [5.41, 5.74) is 2.69. The molecule has 2 rings (SSSR count). The molecule has 1 aromatic rings. The van der Waals surface area contributed by atoms with Crippen molar-refractivity contribution in [1.29, 1.82) is 0 Å². The number of rotatable bonds is 3. The van der Waals surface area contributed by atoms with Crippen LogP contribution in [0.5, 0.6) is 11.5 Å². The summed E-state index contributed by atoms with van der Waals surface area (Å²) in [5.74, 6) is 7.17. The van der Waals surface area contributed by atoms with E-state index in [4.69, 9.17) is 23.7 Å². The van der Waals surface area contributed by atoms with Gasteiger partial charge in [-0.1, -0.05) is 30.1 Å². The standard InChI is InChI=1S/C25H30O6/c1-21(4-3-5-22(2)10-11-26)6-7-23-8-9-24-25(20-23)31-19-17-29-15-13-27-12-14-28-16-18-30-24/h4,6-11,20H,12-19H2,1-2H3/b7-6+,21-4+,22-10+. The summed E-state index contributed by atoms with van der Waals surface area (Å²) in [6.45, 7) is 7.69. The second-order valence-corrected chi connectivity index (χ2v) is 6.72. The number of fused-ring (bicyclic) bond motifs is 1. The molecule has 166 valence electrons. The first-order chi connectivity index (χ1) is 15.2. The maximum Gasteiger partial charge on any atom is 0.161 e. The highest BCUT2D eigenvalue weighted by Crippen LogP contribution is 2.29. The molecule has 0 atom stereocenters. The van der Waals surface area contributed by atoms with Crippen molar-refractivity contribution in [1.82, 2.24) is 0 Å². The molecule has 6 nitrogen and oxygen atoms in total. The van der Waals surface area contributed by atoms with E-state index in [1.807, 2.05) is 37.3 Å². The molecule has 1 aliphatic rings. The molecule has 0 bridgehead atoms. The van der Waals surface area contributed by atoms with Crippen LogP contribution in [0, 0.1) is 11.8 Å². The van der Waals surface area contributed by atoms with Gasteiger partial charge in [-0.05, 0) is 49.3 Å². The summed E-state index contributed by atoms with van der Waals surface area (Å²) >= 11 is 0. The number of hydrogen-bond acceptors (Lipinski definition) is 6. The molecule has 0 saturated carbocycles. The summed E-state index contributed by atoms with van der Waals surface area (Å²) < 4.78 is 28.1. The Hall–Kier alpha value is -2.85. The van der Waals surface area contributed by atoms with Gasteiger partial charge in [0.25, 0.3) is 0 Å². The van der Waals surface area contributed by atoms with Crippen LogP contribution < -0.4 is 9.47 Å². The van der Waals surface area contributed by atoms with Crippen LogP contribution in [0.2, 0.25) is 0 Å². The van der Waals surface area contributed by atoms with Gasteiger partial charge in [-0.3, -0.25) is 4.79 Å². The number of benzene rings is 1. The minimum atomic E-state index is 0.419. The van der Waals surface area contributed by atoms with Gasteiger partial charge in [0.1, 0.15) is 19.5 Å². The minimum Gasteiger partial charge on any atom is -0.487 e. The maximum absolute atomic E-state index is 10.4. The van der Waals surface area contributed by atoms with Crippen LogP contribution in [0.4, 0.5) is 0 Å². The fourth-order valence-electron chi connectivity index (χ4n) is 2.51. The molecule has 0 aliphatic carbocycles. The lowest BCUT2D eigenvalue weighted by Gasteiger charge is -2.13. The Kier molecular flexibility index (Phi) is 11.8. The van der Waals surface area contributed by atoms with Crippen LogP contribution in [-0.4, -0.2) is 59.1 Å². The number of carbonyl (C=O) groups is 1. The predicted molar refractivity (Wildman–Crippen MR) is 120 cm³/mol. The molecule has 1 heterocycles. The van der Waals surface area contributed by atoms with Gasteiger partial charge >= 0.3 is 0 Å². The van der Waals surface area contributed by atoms with Crippen molar-refractivity contribution in [3.05, 3.63) is 53.1 Å². The monoisotopic (exact) mass is 426 g/mol. The second-order valence-electron chi connectivity index (χ2n) is 6.72. The SMILES string of the molecule is C/C(C#C/C=C(C)/C=C/c1ccc2c(c1)OCCOCCOCCOCCO2)=C\C=O. The predicted octanol–water partition coefficient (Wildman–Crippen LogP) is 3.62. The highest BCUT2D eigenvalue weighted by Gasteiger charge is 2.07. The lowest BCUT2D eigenvalue weighted by molar-refractivity contribution is -0.104. The van der Waals surface area contributed by atoms with Crippen LogP contribution in [0.15, 0.2) is 47.6 Å². The van der Waals surface area contributed by atoms with Crippen molar-refractivity contribution in [3.63, 3.8) is 0 Å². The van der Waals surface area contributed by atoms with Gasteiger partial charge in [-0.2, -0.15) is 0 Å². The summed E-state index contributed by atoms with van der Waals surface area (Å²) in [4.78, 5) is 10.4. The summed E-state index contributed by atoms with van der Waals surface area (Å²) in [6.07, 6.45) is 7.94. The Labute approximate surface area is 184 Å². The summed E-state index contributed by atoms with van der Waals surface area (Å²) in [5, 5.41) is 0. The van der Waals surface area contributed by atoms with Gasteiger partial charge < -0.3 is 23.7 Å². The quantitative estimate of drug-likeness (QED) is 0.318. The van der Waals surface area contributed by atoms with Crippen molar-refractivity contribution < 1.29 is 28.5 Å². The number of hydrogen-bond donors (Lipinski definition) is 0. The van der Waals surface area contributed by atoms with Gasteiger partial charge in [0.15, 0.2) is 11.5 Å². The van der Waals surface area contributed by atoms with E-state index < -0.39 is 0 Å². The highest BCUT2D eigenvalue weighted by atomic mass is 16.6. The zero-order chi connectivity index (χ0) is 22.2. The van der Waals surface area contributed by atoms with E-state index in [2.05, 4.69) is 11.8 Å². The van der Waals surface area contributed by atoms with Gasteiger partial charge in [-0.25, -0.2) is 0 Å². The molecule has 0 amide bonds. The second kappa shape index (κ2) is 15.0. The first-order valence-electron chi connectivity index (χ1n) is 10.3. The number of allylic oxidation sites excluding steroid dienone is 5. The Bertz CT molecular complexity index is 841. The zero-order valence-corrected chi connectivity index (χ0v) is 18.2. The molecule has 0 fully saturated rings. The third-order valence-corrected chi connectivity index (χ3v) is 4.11. The molecular weight excluding hydrogens is 396 g/mol. The number of carbonyl (C=O) groups excluding carboxylic acids is 1. The third-order valence-electron chi connectivity index (χ3n) is 4.11. The van der Waals surface area contributed by atoms with E-state index in [9.17, 15) is 4.79 Å². The zero-order valence-electron chi connectivity index (χ0n) is 18.2. The van der Waals surface area contributed by atoms with Gasteiger partial charge in [0.05, 0.1) is 39.6 Å². The first kappa shape index (κ1) is 24.4. The minimum absolute atomic E-state index is 0.419. The Morgan fingerprint density at radius 2 is 1.48 bits per heavy atom. The molecule has 0 saturated heterocycles. The smallest absolute Gasteiger partial charge is 0.161 e. The van der Waals surface area contributed by atoms with E-state index in [0.29, 0.717) is 64.4 Å². The Balaban J connectivity index is 2.05. The van der Waals surface area contributed by atoms with Crippen LogP contribution >= 0.6 is 0 Å². The van der Waals surface area contributed by atoms with Gasteiger partial charge in [0, 0.05) is 5.57 Å². The molecule has 1 aromatic carbocycles.